The second-order valence-electron chi connectivity index (χ2n) is 6.49. The number of nitrogens with zero attached hydrogens (tertiary/aromatic N) is 1. The van der Waals surface area contributed by atoms with Gasteiger partial charge in [0.1, 0.15) is 16.5 Å². The summed E-state index contributed by atoms with van der Waals surface area (Å²) < 4.78 is 46.9. The van der Waals surface area contributed by atoms with E-state index in [1.54, 1.807) is 12.1 Å². The molecule has 0 bridgehead atoms. The maximum atomic E-state index is 13.7. The van der Waals surface area contributed by atoms with Gasteiger partial charge < -0.3 is 10.1 Å². The SMILES string of the molecule is COc1ccc(F)cc1S(=O)(=O)N1CCCC(C(=O)Nc2ccc(Br)cc2)C1. The molecule has 1 saturated heterocycles. The number of nitrogens with one attached hydrogen (secondary N) is 1. The first-order valence-corrected chi connectivity index (χ1v) is 10.9. The lowest BCUT2D eigenvalue weighted by atomic mass is 9.99. The van der Waals surface area contributed by atoms with Crippen molar-refractivity contribution in [2.45, 2.75) is 17.7 Å². The first-order chi connectivity index (χ1) is 13.3. The first kappa shape index (κ1) is 20.8. The van der Waals surface area contributed by atoms with Gasteiger partial charge in [-0.25, -0.2) is 12.8 Å². The van der Waals surface area contributed by atoms with Crippen LogP contribution in [-0.2, 0) is 14.8 Å². The average Bonchev–Trinajstić information content (AvgIpc) is 2.69. The summed E-state index contributed by atoms with van der Waals surface area (Å²) in [5.41, 5.74) is 0.639. The van der Waals surface area contributed by atoms with Crippen LogP contribution in [0.5, 0.6) is 5.75 Å². The van der Waals surface area contributed by atoms with Gasteiger partial charge in [-0.2, -0.15) is 4.31 Å². The Morgan fingerprint density at radius 3 is 2.64 bits per heavy atom. The van der Waals surface area contributed by atoms with E-state index in [1.165, 1.54) is 17.5 Å². The quantitative estimate of drug-likeness (QED) is 0.723. The third kappa shape index (κ3) is 4.53. The Kier molecular flexibility index (Phi) is 6.36. The molecule has 3 rings (SSSR count). The van der Waals surface area contributed by atoms with E-state index in [2.05, 4.69) is 21.2 Å². The number of carbonyl (C=O) groups excluding carboxylic acids is 1. The molecule has 0 saturated carbocycles. The number of amides is 1. The molecule has 1 heterocycles. The van der Waals surface area contributed by atoms with E-state index in [0.29, 0.717) is 18.5 Å². The van der Waals surface area contributed by atoms with Crippen molar-refractivity contribution in [3.05, 3.63) is 52.8 Å². The summed E-state index contributed by atoms with van der Waals surface area (Å²) >= 11 is 3.33. The van der Waals surface area contributed by atoms with Gasteiger partial charge in [-0.1, -0.05) is 15.9 Å². The molecule has 6 nitrogen and oxygen atoms in total. The zero-order chi connectivity index (χ0) is 20.3. The summed E-state index contributed by atoms with van der Waals surface area (Å²) in [5, 5.41) is 2.82. The van der Waals surface area contributed by atoms with E-state index in [-0.39, 0.29) is 29.6 Å². The summed E-state index contributed by atoms with van der Waals surface area (Å²) in [6.07, 6.45) is 1.12. The van der Waals surface area contributed by atoms with Crippen molar-refractivity contribution in [1.29, 1.82) is 0 Å². The minimum Gasteiger partial charge on any atom is -0.495 e. The van der Waals surface area contributed by atoms with Crippen LogP contribution < -0.4 is 10.1 Å². The largest absolute Gasteiger partial charge is 0.495 e. The number of ether oxygens (including phenoxy) is 1. The monoisotopic (exact) mass is 470 g/mol. The number of halogens is 2. The van der Waals surface area contributed by atoms with E-state index in [0.717, 1.165) is 16.6 Å². The number of carbonyl (C=O) groups is 1. The van der Waals surface area contributed by atoms with Crippen molar-refractivity contribution in [2.75, 3.05) is 25.5 Å². The number of methoxy groups -OCH3 is 1. The summed E-state index contributed by atoms with van der Waals surface area (Å²) in [5.74, 6) is -1.33. The molecular weight excluding hydrogens is 451 g/mol. The normalized spacial score (nSPS) is 17.9. The van der Waals surface area contributed by atoms with Crippen LogP contribution in [0, 0.1) is 11.7 Å². The van der Waals surface area contributed by atoms with Gasteiger partial charge in [-0.3, -0.25) is 4.79 Å². The molecule has 1 amide bonds. The topological polar surface area (TPSA) is 75.7 Å². The second kappa shape index (κ2) is 8.59. The average molecular weight is 471 g/mol. The Morgan fingerprint density at radius 2 is 1.96 bits per heavy atom. The van der Waals surface area contributed by atoms with Crippen LogP contribution >= 0.6 is 15.9 Å². The Morgan fingerprint density at radius 1 is 1.25 bits per heavy atom. The molecule has 2 aromatic rings. The van der Waals surface area contributed by atoms with Crippen molar-refractivity contribution in [3.8, 4) is 5.75 Å². The van der Waals surface area contributed by atoms with Crippen LogP contribution in [0.15, 0.2) is 51.8 Å². The molecule has 1 N–H and O–H groups in total. The van der Waals surface area contributed by atoms with E-state index in [1.807, 2.05) is 12.1 Å². The lowest BCUT2D eigenvalue weighted by Crippen LogP contribution is -2.43. The maximum absolute atomic E-state index is 13.7. The minimum absolute atomic E-state index is 0.0321. The van der Waals surface area contributed by atoms with E-state index in [9.17, 15) is 17.6 Å². The van der Waals surface area contributed by atoms with Gasteiger partial charge >= 0.3 is 0 Å². The van der Waals surface area contributed by atoms with Gasteiger partial charge in [-0.05, 0) is 55.3 Å². The number of rotatable bonds is 5. The summed E-state index contributed by atoms with van der Waals surface area (Å²) in [6, 6.07) is 10.5. The van der Waals surface area contributed by atoms with Gasteiger partial charge in [0.15, 0.2) is 0 Å². The van der Waals surface area contributed by atoms with Gasteiger partial charge in [-0.15, -0.1) is 0 Å². The van der Waals surface area contributed by atoms with Gasteiger partial charge in [0, 0.05) is 23.2 Å². The van der Waals surface area contributed by atoms with Crippen molar-refractivity contribution in [2.24, 2.45) is 5.92 Å². The smallest absolute Gasteiger partial charge is 0.246 e. The van der Waals surface area contributed by atoms with Crippen LogP contribution in [0.2, 0.25) is 0 Å². The fraction of sp³-hybridized carbons (Fsp3) is 0.316. The van der Waals surface area contributed by atoms with Crippen molar-refractivity contribution in [1.82, 2.24) is 4.31 Å². The fourth-order valence-electron chi connectivity index (χ4n) is 3.14. The Hall–Kier alpha value is -1.97. The first-order valence-electron chi connectivity index (χ1n) is 8.71. The van der Waals surface area contributed by atoms with Crippen LogP contribution in [0.4, 0.5) is 10.1 Å². The third-order valence-corrected chi connectivity index (χ3v) is 7.03. The number of benzene rings is 2. The summed E-state index contributed by atoms with van der Waals surface area (Å²) in [6.45, 7) is 0.300. The molecule has 1 atom stereocenters. The highest BCUT2D eigenvalue weighted by Gasteiger charge is 2.35. The minimum atomic E-state index is -3.99. The standard InChI is InChI=1S/C19H20BrFN2O4S/c1-27-17-9-6-15(21)11-18(17)28(25,26)23-10-2-3-13(12-23)19(24)22-16-7-4-14(20)5-8-16/h4-9,11,13H,2-3,10,12H2,1H3,(H,22,24). The summed E-state index contributed by atoms with van der Waals surface area (Å²) in [7, 11) is -2.66. The van der Waals surface area contributed by atoms with Crippen LogP contribution in [-0.4, -0.2) is 38.8 Å². The molecule has 0 aliphatic carbocycles. The summed E-state index contributed by atoms with van der Waals surface area (Å²) in [4.78, 5) is 12.4. The number of piperidine rings is 1. The molecule has 0 aromatic heterocycles. The molecule has 1 aliphatic heterocycles. The highest BCUT2D eigenvalue weighted by atomic mass is 79.9. The van der Waals surface area contributed by atoms with Crippen molar-refractivity contribution >= 4 is 37.5 Å². The predicted octanol–water partition coefficient (Wildman–Crippen LogP) is 3.64. The maximum Gasteiger partial charge on any atom is 0.246 e. The van der Waals surface area contributed by atoms with Crippen LogP contribution in [0.25, 0.3) is 0 Å². The van der Waals surface area contributed by atoms with Crippen molar-refractivity contribution < 1.29 is 22.3 Å². The van der Waals surface area contributed by atoms with E-state index >= 15 is 0 Å². The number of hydrogen-bond acceptors (Lipinski definition) is 4. The molecule has 0 spiro atoms. The second-order valence-corrected chi connectivity index (χ2v) is 9.32. The molecule has 0 radical (unpaired) electrons. The van der Waals surface area contributed by atoms with Crippen LogP contribution in [0.1, 0.15) is 12.8 Å². The lowest BCUT2D eigenvalue weighted by molar-refractivity contribution is -0.120. The molecular formula is C19H20BrFN2O4S. The molecule has 9 heteroatoms. The zero-order valence-electron chi connectivity index (χ0n) is 15.2. The highest BCUT2D eigenvalue weighted by molar-refractivity contribution is 9.10. The molecule has 1 fully saturated rings. The van der Waals surface area contributed by atoms with Gasteiger partial charge in [0.05, 0.1) is 13.0 Å². The zero-order valence-corrected chi connectivity index (χ0v) is 17.6. The van der Waals surface area contributed by atoms with E-state index in [4.69, 9.17) is 4.74 Å². The Balaban J connectivity index is 1.78. The number of hydrogen-bond donors (Lipinski definition) is 1. The lowest BCUT2D eigenvalue weighted by Gasteiger charge is -2.31. The van der Waals surface area contributed by atoms with E-state index < -0.39 is 21.8 Å². The fourth-order valence-corrected chi connectivity index (χ4v) is 5.10. The van der Waals surface area contributed by atoms with Gasteiger partial charge in [0.2, 0.25) is 15.9 Å². The predicted molar refractivity (Wildman–Crippen MR) is 107 cm³/mol. The Labute approximate surface area is 171 Å². The molecule has 1 aliphatic rings. The van der Waals surface area contributed by atoms with Crippen LogP contribution in [0.3, 0.4) is 0 Å². The third-order valence-electron chi connectivity index (χ3n) is 4.61. The number of sulfonamides is 1. The highest BCUT2D eigenvalue weighted by Crippen LogP contribution is 2.30. The Bertz CT molecular complexity index is 966. The number of anilines is 1. The molecule has 28 heavy (non-hydrogen) atoms. The van der Waals surface area contributed by atoms with Crippen molar-refractivity contribution in [3.63, 3.8) is 0 Å². The van der Waals surface area contributed by atoms with Gasteiger partial charge in [0.25, 0.3) is 0 Å². The molecule has 150 valence electrons. The molecule has 1 unspecified atom stereocenters. The molecule has 2 aromatic carbocycles.